The summed E-state index contributed by atoms with van der Waals surface area (Å²) in [7, 11) is 0. The van der Waals surface area contributed by atoms with Crippen LogP contribution in [0.5, 0.6) is 0 Å². The zero-order valence-electron chi connectivity index (χ0n) is 14.6. The number of fused-ring (bicyclic) bond motifs is 1. The molecule has 26 heavy (non-hydrogen) atoms. The lowest BCUT2D eigenvalue weighted by Crippen LogP contribution is -2.48. The Bertz CT molecular complexity index is 831. The van der Waals surface area contributed by atoms with E-state index in [1.165, 1.54) is 17.2 Å². The van der Waals surface area contributed by atoms with Crippen molar-refractivity contribution in [2.24, 2.45) is 5.41 Å². The Kier molecular flexibility index (Phi) is 4.72. The van der Waals surface area contributed by atoms with E-state index >= 15 is 0 Å². The van der Waals surface area contributed by atoms with Gasteiger partial charge < -0.3 is 5.32 Å². The van der Waals surface area contributed by atoms with Crippen LogP contribution in [-0.2, 0) is 24.3 Å². The van der Waals surface area contributed by atoms with Crippen molar-refractivity contribution in [2.75, 3.05) is 13.1 Å². The Balaban J connectivity index is 1.46. The van der Waals surface area contributed by atoms with Crippen molar-refractivity contribution in [1.82, 2.24) is 10.2 Å². The van der Waals surface area contributed by atoms with E-state index in [2.05, 4.69) is 28.4 Å². The molecule has 0 atom stereocenters. The quantitative estimate of drug-likeness (QED) is 0.866. The largest absolute Gasteiger partial charge is 0.352 e. The molecule has 0 radical (unpaired) electrons. The number of likely N-dealkylation sites (tertiary alicyclic amines) is 1. The zero-order valence-corrected chi connectivity index (χ0v) is 15.4. The lowest BCUT2D eigenvalue weighted by molar-refractivity contribution is -0.133. The van der Waals surface area contributed by atoms with Gasteiger partial charge in [-0.05, 0) is 61.2 Å². The summed E-state index contributed by atoms with van der Waals surface area (Å²) in [5.74, 6) is -0.208. The molecule has 2 aliphatic rings. The van der Waals surface area contributed by atoms with Crippen LogP contribution in [0.25, 0.3) is 0 Å². The number of hydrogen-bond donors (Lipinski definition) is 1. The summed E-state index contributed by atoms with van der Waals surface area (Å²) in [6.07, 6.45) is 2.48. The molecule has 1 amide bonds. The number of nitrogens with zero attached hydrogens (tertiary/aromatic N) is 1. The SMILES string of the molecule is O=C1NCc2ccccc2CC12CCN(Cc1ccc(F)c(Cl)c1)CC2. The molecule has 0 unspecified atom stereocenters. The molecule has 4 rings (SSSR count). The van der Waals surface area contributed by atoms with Crippen LogP contribution in [0.4, 0.5) is 4.39 Å². The maximum absolute atomic E-state index is 13.3. The van der Waals surface area contributed by atoms with Crippen LogP contribution in [0.2, 0.25) is 5.02 Å². The lowest BCUT2D eigenvalue weighted by Gasteiger charge is -2.40. The van der Waals surface area contributed by atoms with Crippen molar-refractivity contribution in [3.05, 3.63) is 70.0 Å². The van der Waals surface area contributed by atoms with Gasteiger partial charge in [-0.2, -0.15) is 0 Å². The molecule has 0 saturated carbocycles. The second-order valence-electron chi connectivity index (χ2n) is 7.43. The summed E-state index contributed by atoms with van der Waals surface area (Å²) in [6, 6.07) is 13.2. The van der Waals surface area contributed by atoms with Crippen molar-refractivity contribution in [3.8, 4) is 0 Å². The molecule has 2 aromatic rings. The molecular formula is C21H22ClFN2O. The van der Waals surface area contributed by atoms with E-state index in [1.54, 1.807) is 12.1 Å². The third-order valence-corrected chi connectivity index (χ3v) is 6.06. The van der Waals surface area contributed by atoms with Gasteiger partial charge in [-0.1, -0.05) is 41.9 Å². The summed E-state index contributed by atoms with van der Waals surface area (Å²) in [5.41, 5.74) is 3.19. The topological polar surface area (TPSA) is 32.3 Å². The fraction of sp³-hybridized carbons (Fsp3) is 0.381. The second kappa shape index (κ2) is 7.01. The minimum atomic E-state index is -0.387. The molecule has 5 heteroatoms. The monoisotopic (exact) mass is 372 g/mol. The number of hydrogen-bond acceptors (Lipinski definition) is 2. The summed E-state index contributed by atoms with van der Waals surface area (Å²) >= 11 is 5.89. The van der Waals surface area contributed by atoms with E-state index in [-0.39, 0.29) is 22.2 Å². The van der Waals surface area contributed by atoms with E-state index in [0.29, 0.717) is 6.54 Å². The summed E-state index contributed by atoms with van der Waals surface area (Å²) in [5, 5.41) is 3.29. The predicted molar refractivity (Wildman–Crippen MR) is 100 cm³/mol. The molecule has 1 saturated heterocycles. The molecule has 2 aromatic carbocycles. The lowest BCUT2D eigenvalue weighted by atomic mass is 9.73. The van der Waals surface area contributed by atoms with Crippen LogP contribution in [0.15, 0.2) is 42.5 Å². The first-order valence-corrected chi connectivity index (χ1v) is 9.45. The Morgan fingerprint density at radius 2 is 1.85 bits per heavy atom. The van der Waals surface area contributed by atoms with Gasteiger partial charge in [-0.25, -0.2) is 4.39 Å². The summed E-state index contributed by atoms with van der Waals surface area (Å²) < 4.78 is 13.3. The smallest absolute Gasteiger partial charge is 0.226 e. The van der Waals surface area contributed by atoms with E-state index in [4.69, 9.17) is 11.6 Å². The van der Waals surface area contributed by atoms with Gasteiger partial charge >= 0.3 is 0 Å². The van der Waals surface area contributed by atoms with E-state index in [1.807, 2.05) is 6.07 Å². The van der Waals surface area contributed by atoms with Crippen LogP contribution in [0.3, 0.4) is 0 Å². The minimum absolute atomic E-state index is 0.163. The van der Waals surface area contributed by atoms with Gasteiger partial charge in [0.2, 0.25) is 5.91 Å². The fourth-order valence-corrected chi connectivity index (χ4v) is 4.35. The number of halogens is 2. The van der Waals surface area contributed by atoms with Gasteiger partial charge in [0, 0.05) is 13.1 Å². The first-order valence-electron chi connectivity index (χ1n) is 9.07. The number of carbonyl (C=O) groups excluding carboxylic acids is 1. The fourth-order valence-electron chi connectivity index (χ4n) is 4.15. The number of carbonyl (C=O) groups is 1. The van der Waals surface area contributed by atoms with Gasteiger partial charge in [0.15, 0.2) is 0 Å². The van der Waals surface area contributed by atoms with Gasteiger partial charge in [0.1, 0.15) is 5.82 Å². The molecule has 1 spiro atoms. The number of nitrogens with one attached hydrogen (secondary N) is 1. The highest BCUT2D eigenvalue weighted by molar-refractivity contribution is 6.30. The normalized spacial score (nSPS) is 19.7. The second-order valence-corrected chi connectivity index (χ2v) is 7.84. The van der Waals surface area contributed by atoms with E-state index < -0.39 is 0 Å². The first kappa shape index (κ1) is 17.5. The van der Waals surface area contributed by atoms with Crippen molar-refractivity contribution in [1.29, 1.82) is 0 Å². The van der Waals surface area contributed by atoms with Gasteiger partial charge in [0.25, 0.3) is 0 Å². The molecule has 0 aliphatic carbocycles. The maximum atomic E-state index is 13.3. The van der Waals surface area contributed by atoms with Gasteiger partial charge in [-0.3, -0.25) is 9.69 Å². The van der Waals surface area contributed by atoms with Crippen molar-refractivity contribution in [2.45, 2.75) is 32.4 Å². The molecule has 2 heterocycles. The zero-order chi connectivity index (χ0) is 18.1. The summed E-state index contributed by atoms with van der Waals surface area (Å²) in [6.45, 7) is 3.05. The summed E-state index contributed by atoms with van der Waals surface area (Å²) in [4.78, 5) is 15.1. The molecule has 3 nitrogen and oxygen atoms in total. The van der Waals surface area contributed by atoms with Crippen molar-refractivity contribution < 1.29 is 9.18 Å². The molecule has 2 aliphatic heterocycles. The van der Waals surface area contributed by atoms with E-state index in [0.717, 1.165) is 44.5 Å². The standard InChI is InChI=1S/C21H22ClFN2O/c22-18-11-15(5-6-19(18)23)14-25-9-7-21(8-10-25)12-16-3-1-2-4-17(16)13-24-20(21)26/h1-6,11H,7-10,12-14H2,(H,24,26). The van der Waals surface area contributed by atoms with Gasteiger partial charge in [0.05, 0.1) is 10.4 Å². The van der Waals surface area contributed by atoms with Crippen molar-refractivity contribution >= 4 is 17.5 Å². The Hall–Kier alpha value is -1.91. The third-order valence-electron chi connectivity index (χ3n) is 5.77. The predicted octanol–water partition coefficient (Wildman–Crippen LogP) is 3.93. The van der Waals surface area contributed by atoms with Gasteiger partial charge in [-0.15, -0.1) is 0 Å². The Morgan fingerprint density at radius 3 is 2.58 bits per heavy atom. The highest BCUT2D eigenvalue weighted by Crippen LogP contribution is 2.38. The number of amides is 1. The highest BCUT2D eigenvalue weighted by atomic mass is 35.5. The maximum Gasteiger partial charge on any atom is 0.226 e. The average molecular weight is 373 g/mol. The van der Waals surface area contributed by atoms with Crippen LogP contribution in [0.1, 0.15) is 29.5 Å². The average Bonchev–Trinajstić information content (AvgIpc) is 2.78. The van der Waals surface area contributed by atoms with Crippen LogP contribution in [-0.4, -0.2) is 23.9 Å². The number of benzene rings is 2. The van der Waals surface area contributed by atoms with Crippen molar-refractivity contribution in [3.63, 3.8) is 0 Å². The minimum Gasteiger partial charge on any atom is -0.352 e. The molecule has 1 N–H and O–H groups in total. The molecule has 0 aromatic heterocycles. The number of rotatable bonds is 2. The Labute approximate surface area is 158 Å². The third kappa shape index (κ3) is 3.36. The number of piperidine rings is 1. The van der Waals surface area contributed by atoms with Crippen LogP contribution < -0.4 is 5.32 Å². The first-order chi connectivity index (χ1) is 12.6. The molecular weight excluding hydrogens is 351 g/mol. The molecule has 0 bridgehead atoms. The van der Waals surface area contributed by atoms with Crippen LogP contribution >= 0.6 is 11.6 Å². The van der Waals surface area contributed by atoms with Crippen LogP contribution in [0, 0.1) is 11.2 Å². The highest BCUT2D eigenvalue weighted by Gasteiger charge is 2.42. The Morgan fingerprint density at radius 1 is 1.12 bits per heavy atom. The molecule has 1 fully saturated rings. The molecule has 136 valence electrons. The van der Waals surface area contributed by atoms with E-state index in [9.17, 15) is 9.18 Å².